The molecule has 0 radical (unpaired) electrons. The van der Waals surface area contributed by atoms with Gasteiger partial charge >= 0.3 is 0 Å². The Labute approximate surface area is 86.1 Å². The lowest BCUT2D eigenvalue weighted by atomic mass is 10.1. The smallest absolute Gasteiger partial charge is 0.186 e. The zero-order valence-corrected chi connectivity index (χ0v) is 8.41. The minimum Gasteiger partial charge on any atom is -0.503 e. The normalized spacial score (nSPS) is 10.6. The van der Waals surface area contributed by atoms with Gasteiger partial charge in [-0.15, -0.1) is 0 Å². The number of rotatable bonds is 1. The number of aryl methyl sites for hydroxylation is 2. The minimum absolute atomic E-state index is 0.0433. The molecule has 1 aromatic carbocycles. The molecule has 0 saturated heterocycles. The van der Waals surface area contributed by atoms with Crippen LogP contribution in [0.2, 0.25) is 0 Å². The number of hydrogen-bond donors (Lipinski definition) is 1. The van der Waals surface area contributed by atoms with E-state index in [-0.39, 0.29) is 17.3 Å². The van der Waals surface area contributed by atoms with Gasteiger partial charge in [-0.3, -0.25) is 0 Å². The van der Waals surface area contributed by atoms with E-state index in [0.717, 1.165) is 0 Å². The molecule has 4 heteroatoms. The molecule has 0 spiro atoms. The molecule has 0 unspecified atom stereocenters. The Morgan fingerprint density at radius 1 is 1.33 bits per heavy atom. The molecule has 15 heavy (non-hydrogen) atoms. The van der Waals surface area contributed by atoms with Crippen molar-refractivity contribution in [1.82, 2.24) is 5.16 Å². The van der Waals surface area contributed by atoms with Crippen LogP contribution in [0.4, 0.5) is 4.39 Å². The van der Waals surface area contributed by atoms with Gasteiger partial charge in [0.05, 0.1) is 0 Å². The molecule has 0 amide bonds. The summed E-state index contributed by atoms with van der Waals surface area (Å²) in [5, 5.41) is 13.2. The summed E-state index contributed by atoms with van der Waals surface area (Å²) in [6.45, 7) is 3.27. The molecule has 0 aliphatic heterocycles. The van der Waals surface area contributed by atoms with Crippen LogP contribution in [0.15, 0.2) is 22.7 Å². The average Bonchev–Trinajstić information content (AvgIpc) is 2.53. The number of aromatic nitrogens is 1. The van der Waals surface area contributed by atoms with Crippen molar-refractivity contribution in [2.75, 3.05) is 0 Å². The van der Waals surface area contributed by atoms with Crippen LogP contribution in [0.1, 0.15) is 11.3 Å². The van der Waals surface area contributed by atoms with Crippen LogP contribution in [-0.2, 0) is 0 Å². The fourth-order valence-corrected chi connectivity index (χ4v) is 1.30. The Bertz CT molecular complexity index is 505. The van der Waals surface area contributed by atoms with E-state index in [1.165, 1.54) is 6.07 Å². The lowest BCUT2D eigenvalue weighted by Crippen LogP contribution is -1.84. The van der Waals surface area contributed by atoms with Gasteiger partial charge in [0.15, 0.2) is 17.2 Å². The van der Waals surface area contributed by atoms with Gasteiger partial charge in [0.1, 0.15) is 5.82 Å². The highest BCUT2D eigenvalue weighted by molar-refractivity contribution is 5.66. The summed E-state index contributed by atoms with van der Waals surface area (Å²) in [7, 11) is 0. The van der Waals surface area contributed by atoms with Gasteiger partial charge in [0, 0.05) is 12.5 Å². The second-order valence-electron chi connectivity index (χ2n) is 3.40. The zero-order chi connectivity index (χ0) is 11.0. The summed E-state index contributed by atoms with van der Waals surface area (Å²) >= 11 is 0. The van der Waals surface area contributed by atoms with Crippen LogP contribution in [0.5, 0.6) is 5.75 Å². The lowest BCUT2D eigenvalue weighted by molar-refractivity contribution is 0.384. The largest absolute Gasteiger partial charge is 0.503 e. The van der Waals surface area contributed by atoms with Crippen LogP contribution >= 0.6 is 0 Å². The first-order valence-corrected chi connectivity index (χ1v) is 4.51. The van der Waals surface area contributed by atoms with Crippen LogP contribution in [0.3, 0.4) is 0 Å². The van der Waals surface area contributed by atoms with Crippen molar-refractivity contribution >= 4 is 0 Å². The predicted molar refractivity (Wildman–Crippen MR) is 53.0 cm³/mol. The first kappa shape index (κ1) is 9.71. The molecule has 2 rings (SSSR count). The van der Waals surface area contributed by atoms with E-state index in [9.17, 15) is 9.50 Å². The van der Waals surface area contributed by atoms with E-state index in [4.69, 9.17) is 4.52 Å². The van der Waals surface area contributed by atoms with E-state index >= 15 is 0 Å². The number of nitrogens with zero attached hydrogens (tertiary/aromatic N) is 1. The second-order valence-corrected chi connectivity index (χ2v) is 3.40. The summed E-state index contributed by atoms with van der Waals surface area (Å²) < 4.78 is 18.1. The molecule has 0 atom stereocenters. The van der Waals surface area contributed by atoms with E-state index in [0.29, 0.717) is 16.9 Å². The SMILES string of the molecule is Cc1ccc(-c2noc(C)c2O)cc1F. The fourth-order valence-electron chi connectivity index (χ4n) is 1.30. The molecule has 1 aromatic heterocycles. The van der Waals surface area contributed by atoms with Crippen molar-refractivity contribution < 1.29 is 14.0 Å². The molecule has 0 saturated carbocycles. The van der Waals surface area contributed by atoms with Crippen LogP contribution in [0, 0.1) is 19.7 Å². The highest BCUT2D eigenvalue weighted by Crippen LogP contribution is 2.31. The third-order valence-electron chi connectivity index (χ3n) is 2.28. The first-order valence-electron chi connectivity index (χ1n) is 4.51. The van der Waals surface area contributed by atoms with Gasteiger partial charge in [-0.1, -0.05) is 17.3 Å². The summed E-state index contributed by atoms with van der Waals surface area (Å²) in [6, 6.07) is 4.65. The van der Waals surface area contributed by atoms with Gasteiger partial charge in [-0.25, -0.2) is 4.39 Å². The average molecular weight is 207 g/mol. The Kier molecular flexibility index (Phi) is 2.19. The third kappa shape index (κ3) is 1.58. The van der Waals surface area contributed by atoms with Gasteiger partial charge in [0.2, 0.25) is 0 Å². The lowest BCUT2D eigenvalue weighted by Gasteiger charge is -1.99. The molecule has 3 nitrogen and oxygen atoms in total. The molecule has 1 heterocycles. The van der Waals surface area contributed by atoms with Crippen LogP contribution in [0.25, 0.3) is 11.3 Å². The molecule has 1 N–H and O–H groups in total. The Morgan fingerprint density at radius 2 is 2.07 bits per heavy atom. The maximum Gasteiger partial charge on any atom is 0.186 e. The number of aromatic hydroxyl groups is 1. The molecule has 0 fully saturated rings. The van der Waals surface area contributed by atoms with Gasteiger partial charge < -0.3 is 9.63 Å². The highest BCUT2D eigenvalue weighted by atomic mass is 19.1. The first-order chi connectivity index (χ1) is 7.09. The van der Waals surface area contributed by atoms with E-state index in [1.807, 2.05) is 0 Å². The quantitative estimate of drug-likeness (QED) is 0.782. The van der Waals surface area contributed by atoms with Crippen molar-refractivity contribution in [3.05, 3.63) is 35.3 Å². The Hall–Kier alpha value is -1.84. The van der Waals surface area contributed by atoms with Crippen molar-refractivity contribution in [2.24, 2.45) is 0 Å². The Balaban J connectivity index is 2.55. The van der Waals surface area contributed by atoms with Crippen molar-refractivity contribution in [3.63, 3.8) is 0 Å². The van der Waals surface area contributed by atoms with Gasteiger partial charge in [0.25, 0.3) is 0 Å². The predicted octanol–water partition coefficient (Wildman–Crippen LogP) is 2.80. The van der Waals surface area contributed by atoms with Crippen molar-refractivity contribution in [3.8, 4) is 17.0 Å². The van der Waals surface area contributed by atoms with Crippen LogP contribution < -0.4 is 0 Å². The number of benzene rings is 1. The van der Waals surface area contributed by atoms with Crippen LogP contribution in [-0.4, -0.2) is 10.3 Å². The van der Waals surface area contributed by atoms with Gasteiger partial charge in [-0.05, 0) is 18.6 Å². The summed E-state index contributed by atoms with van der Waals surface area (Å²) in [6.07, 6.45) is 0. The molecule has 2 aromatic rings. The van der Waals surface area contributed by atoms with Crippen molar-refractivity contribution in [2.45, 2.75) is 13.8 Å². The number of halogens is 1. The molecular weight excluding hydrogens is 197 g/mol. The molecule has 0 aliphatic rings. The molecule has 78 valence electrons. The maximum atomic E-state index is 13.3. The number of hydrogen-bond acceptors (Lipinski definition) is 3. The second kappa shape index (κ2) is 3.38. The molecule has 0 aliphatic carbocycles. The van der Waals surface area contributed by atoms with Gasteiger partial charge in [-0.2, -0.15) is 0 Å². The summed E-state index contributed by atoms with van der Waals surface area (Å²) in [4.78, 5) is 0. The minimum atomic E-state index is -0.326. The standard InChI is InChI=1S/C11H10FNO2/c1-6-3-4-8(5-9(6)12)10-11(14)7(2)15-13-10/h3-5,14H,1-2H3. The van der Waals surface area contributed by atoms with E-state index in [1.54, 1.807) is 26.0 Å². The fraction of sp³-hybridized carbons (Fsp3) is 0.182. The monoisotopic (exact) mass is 207 g/mol. The van der Waals surface area contributed by atoms with E-state index < -0.39 is 0 Å². The maximum absolute atomic E-state index is 13.3. The zero-order valence-electron chi connectivity index (χ0n) is 8.41. The third-order valence-corrected chi connectivity index (χ3v) is 2.28. The summed E-state index contributed by atoms with van der Waals surface area (Å²) in [5.41, 5.74) is 1.33. The highest BCUT2D eigenvalue weighted by Gasteiger charge is 2.14. The van der Waals surface area contributed by atoms with Crippen molar-refractivity contribution in [1.29, 1.82) is 0 Å². The topological polar surface area (TPSA) is 46.3 Å². The summed E-state index contributed by atoms with van der Waals surface area (Å²) in [5.74, 6) is -0.0446. The van der Waals surface area contributed by atoms with E-state index in [2.05, 4.69) is 5.16 Å². The molecule has 0 bridgehead atoms. The Morgan fingerprint density at radius 3 is 2.60 bits per heavy atom. The molecular formula is C11H10FNO2.